The highest BCUT2D eigenvalue weighted by molar-refractivity contribution is 5.92. The molecule has 0 spiro atoms. The predicted octanol–water partition coefficient (Wildman–Crippen LogP) is 0.826. The van der Waals surface area contributed by atoms with E-state index in [1.54, 1.807) is 29.1 Å². The summed E-state index contributed by atoms with van der Waals surface area (Å²) < 4.78 is 3.03. The normalized spacial score (nSPS) is 10.6. The van der Waals surface area contributed by atoms with Gasteiger partial charge in [0.25, 0.3) is 5.56 Å². The van der Waals surface area contributed by atoms with Crippen molar-refractivity contribution in [2.24, 2.45) is 5.73 Å². The molecule has 2 aromatic heterocycles. The number of benzene rings is 1. The maximum absolute atomic E-state index is 12.0. The minimum Gasteiger partial charge on any atom is -0.366 e. The number of primary amides is 1. The van der Waals surface area contributed by atoms with Crippen LogP contribution in [0.15, 0.2) is 53.6 Å². The summed E-state index contributed by atoms with van der Waals surface area (Å²) in [5.74, 6) is -0.586. The van der Waals surface area contributed by atoms with Crippen molar-refractivity contribution >= 4 is 5.91 Å². The maximum atomic E-state index is 12.0. The van der Waals surface area contributed by atoms with Gasteiger partial charge in [0, 0.05) is 12.3 Å². The van der Waals surface area contributed by atoms with Crippen molar-refractivity contribution < 1.29 is 4.79 Å². The highest BCUT2D eigenvalue weighted by Gasteiger charge is 2.07. The molecule has 22 heavy (non-hydrogen) atoms. The van der Waals surface area contributed by atoms with Crippen LogP contribution in [0, 0.1) is 6.92 Å². The van der Waals surface area contributed by atoms with Gasteiger partial charge in [-0.1, -0.05) is 11.3 Å². The summed E-state index contributed by atoms with van der Waals surface area (Å²) in [6.45, 7) is 1.88. The van der Waals surface area contributed by atoms with Crippen LogP contribution >= 0.6 is 0 Å². The smallest absolute Gasteiger partial charge is 0.255 e. The molecule has 2 heterocycles. The Labute approximate surface area is 125 Å². The first-order chi connectivity index (χ1) is 10.6. The molecule has 7 nitrogen and oxygen atoms in total. The first kappa shape index (κ1) is 13.7. The monoisotopic (exact) mass is 295 g/mol. The summed E-state index contributed by atoms with van der Waals surface area (Å²) in [6.07, 6.45) is 3.07. The van der Waals surface area contributed by atoms with E-state index in [4.69, 9.17) is 5.73 Å². The molecule has 0 aliphatic heterocycles. The number of hydrogen-bond donors (Lipinski definition) is 1. The first-order valence-electron chi connectivity index (χ1n) is 6.57. The van der Waals surface area contributed by atoms with Gasteiger partial charge in [-0.05, 0) is 31.2 Å². The average Bonchev–Trinajstić information content (AvgIpc) is 2.94. The fourth-order valence-electron chi connectivity index (χ4n) is 2.15. The van der Waals surface area contributed by atoms with Crippen LogP contribution in [0.3, 0.4) is 0 Å². The molecule has 1 amide bonds. The quantitative estimate of drug-likeness (QED) is 0.774. The number of amides is 1. The van der Waals surface area contributed by atoms with Gasteiger partial charge < -0.3 is 5.73 Å². The van der Waals surface area contributed by atoms with Gasteiger partial charge in [0.15, 0.2) is 0 Å². The van der Waals surface area contributed by atoms with Gasteiger partial charge in [-0.25, -0.2) is 4.68 Å². The Kier molecular flexibility index (Phi) is 3.30. The molecule has 0 bridgehead atoms. The summed E-state index contributed by atoms with van der Waals surface area (Å²) in [7, 11) is 0. The van der Waals surface area contributed by atoms with Crippen molar-refractivity contribution in [1.29, 1.82) is 0 Å². The second-order valence-corrected chi connectivity index (χ2v) is 4.80. The second kappa shape index (κ2) is 5.28. The molecule has 0 aliphatic carbocycles. The largest absolute Gasteiger partial charge is 0.366 e. The van der Waals surface area contributed by atoms with E-state index in [9.17, 15) is 9.59 Å². The third kappa shape index (κ3) is 2.39. The number of rotatable bonds is 3. The Balaban J connectivity index is 2.14. The standard InChI is InChI=1S/C15H13N5O2/c1-10-8-17-18-20(10)13-4-2-3-12(7-13)19-9-11(15(16)22)5-6-14(19)21/h2-9H,1H3,(H2,16,22). The lowest BCUT2D eigenvalue weighted by atomic mass is 10.2. The van der Waals surface area contributed by atoms with E-state index in [0.717, 1.165) is 11.4 Å². The van der Waals surface area contributed by atoms with Crippen molar-refractivity contribution in [3.8, 4) is 11.4 Å². The number of hydrogen-bond acceptors (Lipinski definition) is 4. The molecule has 0 atom stereocenters. The Bertz CT molecular complexity index is 910. The molecule has 7 heteroatoms. The SMILES string of the molecule is Cc1cnnn1-c1cccc(-n2cc(C(N)=O)ccc2=O)c1. The van der Waals surface area contributed by atoms with Gasteiger partial charge in [0.05, 0.1) is 28.8 Å². The van der Waals surface area contributed by atoms with Crippen molar-refractivity contribution in [3.05, 3.63) is 70.4 Å². The molecule has 1 aromatic carbocycles. The number of nitrogens with two attached hydrogens (primary N) is 1. The van der Waals surface area contributed by atoms with Crippen LogP contribution in [0.5, 0.6) is 0 Å². The molecule has 110 valence electrons. The van der Waals surface area contributed by atoms with Gasteiger partial charge in [0.1, 0.15) is 0 Å². The number of carbonyl (C=O) groups excluding carboxylic acids is 1. The van der Waals surface area contributed by atoms with Crippen LogP contribution in [0.25, 0.3) is 11.4 Å². The number of aryl methyl sites for hydroxylation is 1. The summed E-state index contributed by atoms with van der Waals surface area (Å²) in [5, 5.41) is 7.83. The summed E-state index contributed by atoms with van der Waals surface area (Å²) >= 11 is 0. The van der Waals surface area contributed by atoms with E-state index >= 15 is 0 Å². The van der Waals surface area contributed by atoms with Crippen LogP contribution in [0.4, 0.5) is 0 Å². The molecular formula is C15H13N5O2. The summed E-state index contributed by atoms with van der Waals surface area (Å²) in [5.41, 5.74) is 7.52. The van der Waals surface area contributed by atoms with Crippen molar-refractivity contribution in [3.63, 3.8) is 0 Å². The molecule has 0 fully saturated rings. The summed E-state index contributed by atoms with van der Waals surface area (Å²) in [4.78, 5) is 23.3. The second-order valence-electron chi connectivity index (χ2n) is 4.80. The van der Waals surface area contributed by atoms with Gasteiger partial charge in [-0.3, -0.25) is 14.2 Å². The topological polar surface area (TPSA) is 95.8 Å². The van der Waals surface area contributed by atoms with E-state index in [1.807, 2.05) is 13.0 Å². The number of carbonyl (C=O) groups is 1. The van der Waals surface area contributed by atoms with E-state index in [2.05, 4.69) is 10.3 Å². The highest BCUT2D eigenvalue weighted by atomic mass is 16.1. The van der Waals surface area contributed by atoms with E-state index in [1.165, 1.54) is 22.9 Å². The predicted molar refractivity (Wildman–Crippen MR) is 80.2 cm³/mol. The zero-order chi connectivity index (χ0) is 15.7. The zero-order valence-corrected chi connectivity index (χ0v) is 11.8. The zero-order valence-electron chi connectivity index (χ0n) is 11.8. The number of aromatic nitrogens is 4. The number of pyridine rings is 1. The summed E-state index contributed by atoms with van der Waals surface area (Å²) in [6, 6.07) is 9.93. The lowest BCUT2D eigenvalue weighted by Gasteiger charge is -2.09. The molecule has 3 aromatic rings. The third-order valence-electron chi connectivity index (χ3n) is 3.27. The van der Waals surface area contributed by atoms with Gasteiger partial charge in [0.2, 0.25) is 5.91 Å². The molecule has 0 saturated carbocycles. The Morgan fingerprint density at radius 2 is 1.95 bits per heavy atom. The van der Waals surface area contributed by atoms with E-state index < -0.39 is 5.91 Å². The minimum atomic E-state index is -0.586. The maximum Gasteiger partial charge on any atom is 0.255 e. The molecular weight excluding hydrogens is 282 g/mol. The Morgan fingerprint density at radius 1 is 1.18 bits per heavy atom. The molecule has 0 aliphatic rings. The fraction of sp³-hybridized carbons (Fsp3) is 0.0667. The first-order valence-corrected chi connectivity index (χ1v) is 6.57. The van der Waals surface area contributed by atoms with Crippen molar-refractivity contribution in [2.75, 3.05) is 0 Å². The highest BCUT2D eigenvalue weighted by Crippen LogP contribution is 2.14. The van der Waals surface area contributed by atoms with E-state index in [0.29, 0.717) is 5.69 Å². The van der Waals surface area contributed by atoms with Gasteiger partial charge >= 0.3 is 0 Å². The third-order valence-corrected chi connectivity index (χ3v) is 3.27. The molecule has 3 rings (SSSR count). The van der Waals surface area contributed by atoms with Gasteiger partial charge in [-0.2, -0.15) is 0 Å². The van der Waals surface area contributed by atoms with Crippen LogP contribution in [-0.2, 0) is 0 Å². The Hall–Kier alpha value is -3.22. The number of nitrogens with zero attached hydrogens (tertiary/aromatic N) is 4. The van der Waals surface area contributed by atoms with Crippen LogP contribution in [-0.4, -0.2) is 25.5 Å². The van der Waals surface area contributed by atoms with Crippen LogP contribution in [0.1, 0.15) is 16.1 Å². The van der Waals surface area contributed by atoms with Gasteiger partial charge in [-0.15, -0.1) is 5.10 Å². The van der Waals surface area contributed by atoms with Crippen molar-refractivity contribution in [1.82, 2.24) is 19.6 Å². The fourth-order valence-corrected chi connectivity index (χ4v) is 2.15. The van der Waals surface area contributed by atoms with Crippen LogP contribution < -0.4 is 11.3 Å². The minimum absolute atomic E-state index is 0.252. The van der Waals surface area contributed by atoms with E-state index in [-0.39, 0.29) is 11.1 Å². The molecule has 0 unspecified atom stereocenters. The molecule has 2 N–H and O–H groups in total. The molecule has 0 saturated heterocycles. The average molecular weight is 295 g/mol. The Morgan fingerprint density at radius 3 is 2.64 bits per heavy atom. The van der Waals surface area contributed by atoms with Crippen molar-refractivity contribution in [2.45, 2.75) is 6.92 Å². The van der Waals surface area contributed by atoms with Crippen LogP contribution in [0.2, 0.25) is 0 Å². The lowest BCUT2D eigenvalue weighted by Crippen LogP contribution is -2.21. The lowest BCUT2D eigenvalue weighted by molar-refractivity contribution is 0.0999. The molecule has 0 radical (unpaired) electrons.